The molecular weight excluding hydrogens is 373 g/mol. The summed E-state index contributed by atoms with van der Waals surface area (Å²) < 4.78 is 37.3. The number of benzene rings is 1. The summed E-state index contributed by atoms with van der Waals surface area (Å²) in [5.74, 6) is -1.26. The lowest BCUT2D eigenvalue weighted by atomic mass is 10.2. The van der Waals surface area contributed by atoms with E-state index in [1.54, 1.807) is 13.0 Å². The number of carbonyl (C=O) groups excluding carboxylic acids is 1. The number of halogens is 3. The molecule has 1 aromatic carbocycles. The van der Waals surface area contributed by atoms with Gasteiger partial charge in [-0.2, -0.15) is 18.2 Å². The number of para-hydroxylation sites is 1. The lowest BCUT2D eigenvalue weighted by molar-refractivity contribution is -0.151. The number of amides is 1. The fourth-order valence-electron chi connectivity index (χ4n) is 2.45. The van der Waals surface area contributed by atoms with Gasteiger partial charge in [0.1, 0.15) is 6.42 Å². The lowest BCUT2D eigenvalue weighted by Crippen LogP contribution is -2.34. The number of anilines is 1. The van der Waals surface area contributed by atoms with Crippen molar-refractivity contribution < 1.29 is 18.0 Å². The van der Waals surface area contributed by atoms with Crippen LogP contribution in [0.25, 0.3) is 10.9 Å². The molecule has 0 aliphatic rings. The highest BCUT2D eigenvalue weighted by Gasteiger charge is 2.31. The van der Waals surface area contributed by atoms with Crippen molar-refractivity contribution in [2.75, 3.05) is 32.5 Å². The molecule has 0 aliphatic carbocycles. The van der Waals surface area contributed by atoms with Gasteiger partial charge in [0.25, 0.3) is 5.91 Å². The molecule has 0 atom stereocenters. The minimum atomic E-state index is -4.62. The van der Waals surface area contributed by atoms with Gasteiger partial charge in [0.2, 0.25) is 11.9 Å². The van der Waals surface area contributed by atoms with Gasteiger partial charge in [0, 0.05) is 11.9 Å². The zero-order valence-electron chi connectivity index (χ0n) is 16.0. The molecule has 7 nitrogen and oxygen atoms in total. The Morgan fingerprint density at radius 3 is 2.61 bits per heavy atom. The van der Waals surface area contributed by atoms with E-state index >= 15 is 0 Å². The summed E-state index contributed by atoms with van der Waals surface area (Å²) in [5, 5.41) is 6.44. The molecule has 0 saturated carbocycles. The first-order valence-corrected chi connectivity index (χ1v) is 8.71. The van der Waals surface area contributed by atoms with E-state index in [4.69, 9.17) is 0 Å². The van der Waals surface area contributed by atoms with Gasteiger partial charge in [0.15, 0.2) is 0 Å². The molecule has 0 radical (unpaired) electrons. The molecule has 1 heterocycles. The first-order chi connectivity index (χ1) is 13.1. The van der Waals surface area contributed by atoms with E-state index in [2.05, 4.69) is 25.6 Å². The number of nitrogens with zero attached hydrogens (tertiary/aromatic N) is 4. The van der Waals surface area contributed by atoms with Crippen molar-refractivity contribution >= 4 is 28.7 Å². The fraction of sp³-hybridized carbons (Fsp3) is 0.444. The predicted octanol–water partition coefficient (Wildman–Crippen LogP) is 2.73. The number of nitrogens with one attached hydrogen (secondary N) is 2. The minimum Gasteiger partial charge on any atom is -0.356 e. The standard InChI is InChI=1S/C18H23F3N6O/c1-12-13-7-4-5-8-14(13)24-17(23-12)26-16(22-9-6-10-27(2)3)25-15(28)11-18(19,20)21/h4-5,7-8H,6,9-11H2,1-3H3,(H2,22,23,24,25,26,28). The summed E-state index contributed by atoms with van der Waals surface area (Å²) in [6.45, 7) is 2.98. The number of aryl methyl sites for hydroxylation is 1. The highest BCUT2D eigenvalue weighted by Crippen LogP contribution is 2.20. The summed E-state index contributed by atoms with van der Waals surface area (Å²) in [6, 6.07) is 7.35. The van der Waals surface area contributed by atoms with Crippen LogP contribution in [0.1, 0.15) is 18.5 Å². The van der Waals surface area contributed by atoms with Crippen molar-refractivity contribution in [3.8, 4) is 0 Å². The number of guanidine groups is 1. The third-order valence-corrected chi connectivity index (χ3v) is 3.69. The topological polar surface area (TPSA) is 82.5 Å². The van der Waals surface area contributed by atoms with Gasteiger partial charge in [-0.15, -0.1) is 0 Å². The maximum Gasteiger partial charge on any atom is 0.397 e. The summed E-state index contributed by atoms with van der Waals surface area (Å²) in [4.78, 5) is 25.8. The van der Waals surface area contributed by atoms with Crippen LogP contribution >= 0.6 is 0 Å². The molecule has 2 aromatic rings. The Morgan fingerprint density at radius 2 is 1.93 bits per heavy atom. The van der Waals surface area contributed by atoms with E-state index < -0.39 is 18.5 Å². The second-order valence-corrected chi connectivity index (χ2v) is 6.50. The molecule has 0 bridgehead atoms. The normalized spacial score (nSPS) is 12.5. The Bertz CT molecular complexity index is 851. The minimum absolute atomic E-state index is 0.109. The van der Waals surface area contributed by atoms with E-state index in [0.29, 0.717) is 24.2 Å². The Labute approximate surface area is 161 Å². The molecule has 28 heavy (non-hydrogen) atoms. The zero-order chi connectivity index (χ0) is 20.7. The number of rotatable bonds is 6. The van der Waals surface area contributed by atoms with Gasteiger partial charge in [-0.05, 0) is 40.1 Å². The predicted molar refractivity (Wildman–Crippen MR) is 102 cm³/mol. The number of hydrogen-bond donors (Lipinski definition) is 2. The molecule has 0 unspecified atom stereocenters. The molecule has 1 amide bonds. The van der Waals surface area contributed by atoms with Crippen LogP contribution < -0.4 is 10.6 Å². The van der Waals surface area contributed by atoms with E-state index in [1.807, 2.05) is 37.2 Å². The Balaban J connectivity index is 2.19. The first-order valence-electron chi connectivity index (χ1n) is 8.71. The summed E-state index contributed by atoms with van der Waals surface area (Å²) >= 11 is 0. The summed E-state index contributed by atoms with van der Waals surface area (Å²) in [5.41, 5.74) is 1.37. The third kappa shape index (κ3) is 7.10. The van der Waals surface area contributed by atoms with Gasteiger partial charge in [-0.3, -0.25) is 10.1 Å². The monoisotopic (exact) mass is 396 g/mol. The maximum absolute atomic E-state index is 12.4. The molecule has 2 N–H and O–H groups in total. The lowest BCUT2D eigenvalue weighted by Gasteiger charge is -2.14. The van der Waals surface area contributed by atoms with Crippen LogP contribution in [0.3, 0.4) is 0 Å². The number of carbonyl (C=O) groups is 1. The quantitative estimate of drug-likeness (QED) is 0.444. The van der Waals surface area contributed by atoms with Gasteiger partial charge in [-0.25, -0.2) is 9.97 Å². The van der Waals surface area contributed by atoms with E-state index in [1.165, 1.54) is 0 Å². The van der Waals surface area contributed by atoms with Crippen molar-refractivity contribution in [3.63, 3.8) is 0 Å². The van der Waals surface area contributed by atoms with Crippen molar-refractivity contribution in [1.82, 2.24) is 20.2 Å². The van der Waals surface area contributed by atoms with Crippen LogP contribution in [-0.4, -0.2) is 60.1 Å². The highest BCUT2D eigenvalue weighted by atomic mass is 19.4. The van der Waals surface area contributed by atoms with E-state index in [0.717, 1.165) is 11.9 Å². The summed E-state index contributed by atoms with van der Waals surface area (Å²) in [6.07, 6.45) is -5.54. The average molecular weight is 396 g/mol. The van der Waals surface area contributed by atoms with Crippen LogP contribution in [0, 0.1) is 6.92 Å². The van der Waals surface area contributed by atoms with Crippen LogP contribution in [0.2, 0.25) is 0 Å². The number of hydrogen-bond acceptors (Lipinski definition) is 4. The molecule has 10 heteroatoms. The highest BCUT2D eigenvalue weighted by molar-refractivity contribution is 6.00. The molecule has 0 fully saturated rings. The fourth-order valence-corrected chi connectivity index (χ4v) is 2.45. The average Bonchev–Trinajstić information content (AvgIpc) is 2.56. The Morgan fingerprint density at radius 1 is 1.21 bits per heavy atom. The van der Waals surface area contributed by atoms with Crippen molar-refractivity contribution in [1.29, 1.82) is 0 Å². The van der Waals surface area contributed by atoms with Crippen LogP contribution in [-0.2, 0) is 4.79 Å². The molecular formula is C18H23F3N6O. The smallest absolute Gasteiger partial charge is 0.356 e. The van der Waals surface area contributed by atoms with Crippen molar-refractivity contribution in [3.05, 3.63) is 30.0 Å². The number of aromatic nitrogens is 2. The molecule has 1 aromatic heterocycles. The van der Waals surface area contributed by atoms with Crippen LogP contribution in [0.5, 0.6) is 0 Å². The molecule has 0 saturated heterocycles. The van der Waals surface area contributed by atoms with Gasteiger partial charge < -0.3 is 10.2 Å². The largest absolute Gasteiger partial charge is 0.397 e. The number of fused-ring (bicyclic) bond motifs is 1. The second kappa shape index (κ2) is 9.45. The Kier molecular flexibility index (Phi) is 7.27. The van der Waals surface area contributed by atoms with Crippen LogP contribution in [0.15, 0.2) is 29.3 Å². The molecule has 152 valence electrons. The van der Waals surface area contributed by atoms with E-state index in [-0.39, 0.29) is 11.9 Å². The SMILES string of the molecule is Cc1nc(N/C(=N/C(=O)CC(F)(F)F)NCCCN(C)C)nc2ccccc12. The molecule has 0 aliphatic heterocycles. The summed E-state index contributed by atoms with van der Waals surface area (Å²) in [7, 11) is 3.82. The maximum atomic E-state index is 12.4. The van der Waals surface area contributed by atoms with Crippen LogP contribution in [0.4, 0.5) is 19.1 Å². The zero-order valence-corrected chi connectivity index (χ0v) is 16.0. The molecule has 2 rings (SSSR count). The first kappa shape index (κ1) is 21.5. The molecule has 0 spiro atoms. The van der Waals surface area contributed by atoms with E-state index in [9.17, 15) is 18.0 Å². The van der Waals surface area contributed by atoms with Gasteiger partial charge in [-0.1, -0.05) is 18.2 Å². The van der Waals surface area contributed by atoms with Crippen molar-refractivity contribution in [2.24, 2.45) is 4.99 Å². The second-order valence-electron chi connectivity index (χ2n) is 6.50. The van der Waals surface area contributed by atoms with Gasteiger partial charge in [0.05, 0.1) is 11.2 Å². The number of aliphatic imine (C=N–C) groups is 1. The van der Waals surface area contributed by atoms with Gasteiger partial charge >= 0.3 is 6.18 Å². The number of alkyl halides is 3. The third-order valence-electron chi connectivity index (χ3n) is 3.69. The van der Waals surface area contributed by atoms with Crippen molar-refractivity contribution in [2.45, 2.75) is 25.9 Å². The Hall–Kier alpha value is -2.75.